The zero-order valence-corrected chi connectivity index (χ0v) is 48.6. The van der Waals surface area contributed by atoms with Gasteiger partial charge in [-0.05, 0) is 88.5 Å². The highest BCUT2D eigenvalue weighted by Crippen LogP contribution is 2.37. The number of carbonyl (C=O) groups excluding carboxylic acids is 9. The molecule has 23 nitrogen and oxygen atoms in total. The first kappa shape index (κ1) is 62.5. The Kier molecular flexibility index (Phi) is 20.3. The first-order chi connectivity index (χ1) is 38.0. The molecule has 3 aliphatic rings. The molecule has 0 aliphatic carbocycles. The summed E-state index contributed by atoms with van der Waals surface area (Å²) in [6, 6.07) is 1.54. The molecule has 0 spiro atoms. The van der Waals surface area contributed by atoms with Crippen molar-refractivity contribution in [3.8, 4) is 5.75 Å². The van der Waals surface area contributed by atoms with Crippen molar-refractivity contribution in [1.29, 1.82) is 0 Å². The Balaban J connectivity index is 1.54. The Morgan fingerprint density at radius 1 is 0.790 bits per heavy atom. The molecule has 3 fully saturated rings. The van der Waals surface area contributed by atoms with E-state index >= 15 is 24.0 Å². The van der Waals surface area contributed by atoms with Crippen LogP contribution >= 0.6 is 0 Å². The number of nitrogens with zero attached hydrogens (tertiary/aromatic N) is 5. The Hall–Kier alpha value is -7.69. The van der Waals surface area contributed by atoms with Gasteiger partial charge < -0.3 is 49.8 Å². The number of ether oxygens (including phenoxy) is 3. The molecule has 23 heteroatoms. The molecule has 81 heavy (non-hydrogen) atoms. The van der Waals surface area contributed by atoms with Crippen LogP contribution in [0.15, 0.2) is 60.8 Å². The molecule has 4 N–H and O–H groups in total. The van der Waals surface area contributed by atoms with Gasteiger partial charge in [0.2, 0.25) is 47.1 Å². The van der Waals surface area contributed by atoms with Crippen LogP contribution in [0, 0.1) is 27.9 Å². The number of piperidine rings is 1. The van der Waals surface area contributed by atoms with E-state index in [0.29, 0.717) is 12.2 Å². The molecule has 6 rings (SSSR count). The predicted octanol–water partition coefficient (Wildman–Crippen LogP) is 4.21. The number of fused-ring (bicyclic) bond motifs is 3. The second kappa shape index (κ2) is 26.3. The number of allylic oxidation sites excluding steroid dienone is 1. The highest BCUT2D eigenvalue weighted by molar-refractivity contribution is 5.99. The van der Waals surface area contributed by atoms with Crippen molar-refractivity contribution in [1.82, 2.24) is 40.5 Å². The molecular weight excluding hydrogens is 1050 g/mol. The maximum Gasteiger partial charge on any atom is 0.311 e. The van der Waals surface area contributed by atoms with Crippen molar-refractivity contribution >= 4 is 69.9 Å². The van der Waals surface area contributed by atoms with Gasteiger partial charge in [0.1, 0.15) is 48.4 Å². The molecule has 1 unspecified atom stereocenters. The number of hydrogen-bond acceptors (Lipinski definition) is 14. The maximum atomic E-state index is 15.5. The fourth-order valence-corrected chi connectivity index (χ4v) is 10.8. The number of nitro benzene ring substituents is 1. The monoisotopic (exact) mass is 1130 g/mol. The van der Waals surface area contributed by atoms with Gasteiger partial charge in [-0.2, -0.15) is 0 Å². The van der Waals surface area contributed by atoms with Gasteiger partial charge in [-0.15, -0.1) is 0 Å². The average molecular weight is 1130 g/mol. The third-order valence-electron chi connectivity index (χ3n) is 15.2. The smallest absolute Gasteiger partial charge is 0.311 e. The van der Waals surface area contributed by atoms with Crippen molar-refractivity contribution in [3.63, 3.8) is 0 Å². The Labute approximate surface area is 472 Å². The van der Waals surface area contributed by atoms with Gasteiger partial charge in [-0.1, -0.05) is 71.0 Å². The van der Waals surface area contributed by atoms with Crippen LogP contribution in [-0.2, 0) is 71.0 Å². The number of hydrogen-bond donors (Lipinski definition) is 4. The lowest BCUT2D eigenvalue weighted by Crippen LogP contribution is -2.67. The first-order valence-corrected chi connectivity index (χ1v) is 27.6. The van der Waals surface area contributed by atoms with Crippen LogP contribution in [0.1, 0.15) is 113 Å². The van der Waals surface area contributed by atoms with E-state index in [1.807, 2.05) is 72.0 Å². The van der Waals surface area contributed by atoms with E-state index in [1.54, 1.807) is 26.0 Å². The third-order valence-corrected chi connectivity index (χ3v) is 15.2. The number of para-hydroxylation sites is 1. The van der Waals surface area contributed by atoms with E-state index in [0.717, 1.165) is 33.7 Å². The Morgan fingerprint density at radius 2 is 1.40 bits per heavy atom. The normalized spacial score (nSPS) is 25.8. The van der Waals surface area contributed by atoms with Crippen molar-refractivity contribution < 1.29 is 62.3 Å². The molecule has 2 aromatic carbocycles. The quantitative estimate of drug-likeness (QED) is 0.0414. The number of aromatic nitrogens is 1. The fraction of sp³-hybridized carbons (Fsp3) is 0.569. The summed E-state index contributed by atoms with van der Waals surface area (Å²) in [7, 11) is 2.76. The van der Waals surface area contributed by atoms with Gasteiger partial charge in [-0.3, -0.25) is 58.2 Å². The second-order valence-corrected chi connectivity index (χ2v) is 23.0. The summed E-state index contributed by atoms with van der Waals surface area (Å²) in [5.41, 5.74) is 0.493. The van der Waals surface area contributed by atoms with E-state index in [9.17, 15) is 29.3 Å². The van der Waals surface area contributed by atoms with Gasteiger partial charge in [0.25, 0.3) is 0 Å². The van der Waals surface area contributed by atoms with Gasteiger partial charge >= 0.3 is 17.6 Å². The minimum Gasteiger partial charge on any atom is -0.441 e. The first-order valence-electron chi connectivity index (χ1n) is 27.6. The van der Waals surface area contributed by atoms with Gasteiger partial charge in [-0.25, -0.2) is 0 Å². The summed E-state index contributed by atoms with van der Waals surface area (Å²) < 4.78 is 18.7. The number of benzene rings is 2. The highest BCUT2D eigenvalue weighted by atomic mass is 16.6. The molecule has 2 bridgehead atoms. The summed E-state index contributed by atoms with van der Waals surface area (Å²) in [4.78, 5) is 145. The molecule has 3 aliphatic heterocycles. The summed E-state index contributed by atoms with van der Waals surface area (Å²) in [6.45, 7) is 19.0. The van der Waals surface area contributed by atoms with E-state index in [2.05, 4.69) is 25.8 Å². The largest absolute Gasteiger partial charge is 0.441 e. The highest BCUT2D eigenvalue weighted by Gasteiger charge is 2.50. The summed E-state index contributed by atoms with van der Waals surface area (Å²) in [5, 5.41) is 24.3. The van der Waals surface area contributed by atoms with Crippen molar-refractivity contribution in [2.24, 2.45) is 17.8 Å². The number of nitro groups is 1. The van der Waals surface area contributed by atoms with Gasteiger partial charge in [0.05, 0.1) is 17.1 Å². The minimum atomic E-state index is -1.58. The van der Waals surface area contributed by atoms with Crippen LogP contribution < -0.4 is 26.0 Å². The molecule has 0 saturated carbocycles. The van der Waals surface area contributed by atoms with Crippen LogP contribution in [0.3, 0.4) is 0 Å². The summed E-state index contributed by atoms with van der Waals surface area (Å²) in [5.74, 6) is -8.62. The fourth-order valence-electron chi connectivity index (χ4n) is 10.8. The summed E-state index contributed by atoms with van der Waals surface area (Å²) in [6.07, 6.45) is 3.30. The topological polar surface area (TPSA) is 291 Å². The zero-order valence-electron chi connectivity index (χ0n) is 48.6. The lowest BCUT2D eigenvalue weighted by Gasteiger charge is -2.47. The lowest BCUT2D eigenvalue weighted by molar-refractivity contribution is -0.385. The molecule has 10 atom stereocenters. The zero-order chi connectivity index (χ0) is 59.9. The lowest BCUT2D eigenvalue weighted by atomic mass is 9.88. The number of nitrogens with one attached hydrogen (secondary N) is 4. The number of amides is 7. The Morgan fingerprint density at radius 3 is 2.00 bits per heavy atom. The van der Waals surface area contributed by atoms with Gasteiger partial charge in [0, 0.05) is 69.9 Å². The maximum absolute atomic E-state index is 15.5. The predicted molar refractivity (Wildman–Crippen MR) is 298 cm³/mol. The van der Waals surface area contributed by atoms with Crippen molar-refractivity contribution in [2.75, 3.05) is 20.7 Å². The molecule has 1 aromatic heterocycles. The van der Waals surface area contributed by atoms with Crippen LogP contribution in [0.5, 0.6) is 5.75 Å². The molecule has 7 amide bonds. The van der Waals surface area contributed by atoms with Gasteiger partial charge in [0.15, 0.2) is 6.23 Å². The van der Waals surface area contributed by atoms with Crippen LogP contribution in [0.25, 0.3) is 10.9 Å². The van der Waals surface area contributed by atoms with E-state index < -0.39 is 130 Å². The average Bonchev–Trinajstić information content (AvgIpc) is 4.26. The Bertz CT molecular complexity index is 2930. The van der Waals surface area contributed by atoms with Crippen molar-refractivity contribution in [3.05, 3.63) is 82.1 Å². The molecular formula is C58H79N9O14. The van der Waals surface area contributed by atoms with Crippen LogP contribution in [0.4, 0.5) is 5.69 Å². The second-order valence-electron chi connectivity index (χ2n) is 23.0. The van der Waals surface area contributed by atoms with Crippen molar-refractivity contribution in [2.45, 2.75) is 175 Å². The van der Waals surface area contributed by atoms with E-state index in [-0.39, 0.29) is 61.4 Å². The van der Waals surface area contributed by atoms with Crippen LogP contribution in [0.2, 0.25) is 0 Å². The molecule has 440 valence electrons. The molecule has 3 saturated heterocycles. The molecule has 4 heterocycles. The number of likely N-dealkylation sites (N-methyl/N-ethyl adjacent to an activating group) is 2. The SMILES string of the molecule is C/C=C/C[C@@H]1NC(=O)[C@H](CC(C)C)N2C(=O)[C@H](C[C@@H](C)[C@H]2OC(C)=O)N(C)C(=O)[C@@H](C)NC(=O)[C@@H](Cc2ccc(OC(C)=O)c([N+](=O)[O-])c2)NC(=O)[C@H](CC(C)C)N(C)C(=O)[C@@H](Cc2cn(C(C)(C)C3CO3)c3ccccc23)NC1=O. The minimum absolute atomic E-state index is 0.0182. The third kappa shape index (κ3) is 14.8. The standard InChI is InChI=1S/C58H79N9O14/c1-14-15-19-40-50(70)62-42(28-38-29-65(58(10,11)49-30-79-49)43-20-17-16-18-39(38)43)55(75)63(12)45(23-31(2)3)52(72)61-41(26-37-21-22-48(80-35(8)68)44(27-37)67(77)78)51(71)59-34(7)54(74)64(13)47-25-33(6)57(81-36(9)69)66(56(47)76)46(24-32(4)5)53(73)60-40/h14-18,20-22,27,29,31-34,40-42,45-47,49,57H,19,23-26,28,30H2,1-13H3,(H,59,71)(H,60,73)(H,61,72)(H,62,70)/b15-14+/t33-,34-,40+,41-,42-,45+,46+,47+,49?,57-/m1/s1. The number of epoxide rings is 1. The summed E-state index contributed by atoms with van der Waals surface area (Å²) >= 11 is 0. The van der Waals surface area contributed by atoms with Crippen LogP contribution in [-0.4, -0.2) is 153 Å². The van der Waals surface area contributed by atoms with E-state index in [1.165, 1.54) is 45.0 Å². The molecule has 3 aromatic rings. The number of esters is 2. The number of carbonyl (C=O) groups is 9. The number of rotatable bonds is 15. The molecule has 0 radical (unpaired) electrons. The van der Waals surface area contributed by atoms with E-state index in [4.69, 9.17) is 14.2 Å².